The molecule has 1 rings (SSSR count). The lowest BCUT2D eigenvalue weighted by atomic mass is 9.75. The van der Waals surface area contributed by atoms with Crippen molar-refractivity contribution in [3.63, 3.8) is 0 Å². The van der Waals surface area contributed by atoms with Crippen molar-refractivity contribution < 1.29 is 9.90 Å². The maximum absolute atomic E-state index is 10.5. The molecule has 0 bridgehead atoms. The van der Waals surface area contributed by atoms with Crippen LogP contribution in [0.4, 0.5) is 0 Å². The molecule has 0 saturated heterocycles. The number of allylic oxidation sites excluding steroid dienone is 9. The van der Waals surface area contributed by atoms with Crippen molar-refractivity contribution in [2.75, 3.05) is 0 Å². The van der Waals surface area contributed by atoms with Crippen LogP contribution in [-0.4, -0.2) is 11.1 Å². The zero-order chi connectivity index (χ0) is 15.9. The molecule has 0 aromatic carbocycles. The Morgan fingerprint density at radius 1 is 1.24 bits per heavy atom. The van der Waals surface area contributed by atoms with Crippen LogP contribution in [0.5, 0.6) is 0 Å². The van der Waals surface area contributed by atoms with Crippen LogP contribution in [0.3, 0.4) is 0 Å². The van der Waals surface area contributed by atoms with Gasteiger partial charge in [0.1, 0.15) is 0 Å². The lowest BCUT2D eigenvalue weighted by Gasteiger charge is -2.30. The Hall–Kier alpha value is -1.83. The molecule has 1 aliphatic rings. The Kier molecular flexibility index (Phi) is 6.41. The number of hydrogen-bond donors (Lipinski definition) is 1. The third-order valence-corrected chi connectivity index (χ3v) is 3.75. The minimum Gasteiger partial charge on any atom is -0.478 e. The van der Waals surface area contributed by atoms with Crippen LogP contribution in [0, 0.1) is 5.41 Å². The highest BCUT2D eigenvalue weighted by molar-refractivity contribution is 5.81. The van der Waals surface area contributed by atoms with Crippen LogP contribution in [0.2, 0.25) is 0 Å². The van der Waals surface area contributed by atoms with E-state index in [1.165, 1.54) is 30.9 Å². The Bertz CT molecular complexity index is 526. The molecule has 0 aromatic heterocycles. The molecule has 21 heavy (non-hydrogen) atoms. The summed E-state index contributed by atoms with van der Waals surface area (Å²) < 4.78 is 0. The molecule has 114 valence electrons. The number of rotatable bonds is 5. The number of carbonyl (C=O) groups is 1. The second kappa shape index (κ2) is 7.82. The Morgan fingerprint density at radius 3 is 2.57 bits per heavy atom. The van der Waals surface area contributed by atoms with Gasteiger partial charge in [-0.1, -0.05) is 55.9 Å². The van der Waals surface area contributed by atoms with Gasteiger partial charge in [-0.25, -0.2) is 4.79 Å². The highest BCUT2D eigenvalue weighted by Crippen LogP contribution is 2.37. The minimum atomic E-state index is -0.913. The van der Waals surface area contributed by atoms with Crippen molar-refractivity contribution in [2.45, 2.75) is 47.0 Å². The highest BCUT2D eigenvalue weighted by Gasteiger charge is 2.23. The molecule has 0 unspecified atom stereocenters. The molecular weight excluding hydrogens is 260 g/mol. The normalized spacial score (nSPS) is 20.1. The van der Waals surface area contributed by atoms with E-state index in [1.54, 1.807) is 13.0 Å². The number of carboxylic acid groups (broad SMARTS) is 1. The fourth-order valence-electron chi connectivity index (χ4n) is 2.39. The Labute approximate surface area is 128 Å². The third kappa shape index (κ3) is 6.44. The van der Waals surface area contributed by atoms with E-state index in [9.17, 15) is 4.79 Å². The SMILES string of the molecule is CC(C=CC1=CCCCC1(C)C)=CC=CC(C)=CC(=O)O. The van der Waals surface area contributed by atoms with Crippen LogP contribution >= 0.6 is 0 Å². The molecular formula is C19H26O2. The lowest BCUT2D eigenvalue weighted by Crippen LogP contribution is -2.16. The summed E-state index contributed by atoms with van der Waals surface area (Å²) in [5.41, 5.74) is 3.56. The number of aliphatic carboxylic acids is 1. The van der Waals surface area contributed by atoms with Gasteiger partial charge in [-0.2, -0.15) is 0 Å². The van der Waals surface area contributed by atoms with Crippen molar-refractivity contribution in [1.82, 2.24) is 0 Å². The smallest absolute Gasteiger partial charge is 0.328 e. The lowest BCUT2D eigenvalue weighted by molar-refractivity contribution is -0.131. The van der Waals surface area contributed by atoms with Crippen LogP contribution in [-0.2, 0) is 4.79 Å². The van der Waals surface area contributed by atoms with Gasteiger partial charge in [0.25, 0.3) is 0 Å². The van der Waals surface area contributed by atoms with E-state index in [1.807, 2.05) is 19.1 Å². The van der Waals surface area contributed by atoms with Crippen molar-refractivity contribution >= 4 is 5.97 Å². The monoisotopic (exact) mass is 286 g/mol. The van der Waals surface area contributed by atoms with E-state index in [-0.39, 0.29) is 5.41 Å². The van der Waals surface area contributed by atoms with E-state index in [2.05, 4.69) is 32.1 Å². The molecule has 0 spiro atoms. The van der Waals surface area contributed by atoms with Crippen LogP contribution < -0.4 is 0 Å². The molecule has 0 aliphatic heterocycles. The predicted octanol–water partition coefficient (Wildman–Crippen LogP) is 5.21. The van der Waals surface area contributed by atoms with Crippen molar-refractivity contribution in [2.24, 2.45) is 5.41 Å². The second-order valence-corrected chi connectivity index (χ2v) is 6.27. The van der Waals surface area contributed by atoms with Crippen molar-refractivity contribution in [3.8, 4) is 0 Å². The van der Waals surface area contributed by atoms with Gasteiger partial charge < -0.3 is 5.11 Å². The van der Waals surface area contributed by atoms with E-state index >= 15 is 0 Å². The standard InChI is InChI=1S/C19H26O2/c1-15(8-7-9-16(2)14-18(20)21)11-12-17-10-5-6-13-19(17,3)4/h7-12,14H,5-6,13H2,1-4H3,(H,20,21). The van der Waals surface area contributed by atoms with E-state index < -0.39 is 5.97 Å². The van der Waals surface area contributed by atoms with Crippen LogP contribution in [0.25, 0.3) is 0 Å². The van der Waals surface area contributed by atoms with Gasteiger partial charge in [0.05, 0.1) is 0 Å². The Morgan fingerprint density at radius 2 is 1.95 bits per heavy atom. The van der Waals surface area contributed by atoms with Gasteiger partial charge in [-0.3, -0.25) is 0 Å². The molecule has 0 atom stereocenters. The molecule has 1 N–H and O–H groups in total. The van der Waals surface area contributed by atoms with Gasteiger partial charge in [-0.15, -0.1) is 0 Å². The third-order valence-electron chi connectivity index (χ3n) is 3.75. The van der Waals surface area contributed by atoms with Crippen molar-refractivity contribution in [3.05, 3.63) is 59.3 Å². The fraction of sp³-hybridized carbons (Fsp3) is 0.421. The average molecular weight is 286 g/mol. The summed E-state index contributed by atoms with van der Waals surface area (Å²) in [6, 6.07) is 0. The predicted molar refractivity (Wildman–Crippen MR) is 89.1 cm³/mol. The van der Waals surface area contributed by atoms with Gasteiger partial charge >= 0.3 is 5.97 Å². The highest BCUT2D eigenvalue weighted by atomic mass is 16.4. The zero-order valence-electron chi connectivity index (χ0n) is 13.5. The molecule has 0 radical (unpaired) electrons. The quantitative estimate of drug-likeness (QED) is 0.556. The zero-order valence-corrected chi connectivity index (χ0v) is 13.5. The maximum Gasteiger partial charge on any atom is 0.328 e. The molecule has 0 saturated carbocycles. The number of carboxylic acids is 1. The summed E-state index contributed by atoms with van der Waals surface area (Å²) in [6.45, 7) is 8.41. The van der Waals surface area contributed by atoms with Gasteiger partial charge in [0, 0.05) is 6.08 Å². The number of hydrogen-bond acceptors (Lipinski definition) is 1. The van der Waals surface area contributed by atoms with Crippen molar-refractivity contribution in [1.29, 1.82) is 0 Å². The van der Waals surface area contributed by atoms with E-state index in [0.29, 0.717) is 0 Å². The summed E-state index contributed by atoms with van der Waals surface area (Å²) in [5.74, 6) is -0.913. The van der Waals surface area contributed by atoms with Gasteiger partial charge in [-0.05, 0) is 49.7 Å². The molecule has 0 heterocycles. The summed E-state index contributed by atoms with van der Waals surface area (Å²) in [4.78, 5) is 10.5. The fourth-order valence-corrected chi connectivity index (χ4v) is 2.39. The maximum atomic E-state index is 10.5. The first-order valence-corrected chi connectivity index (χ1v) is 7.46. The summed E-state index contributed by atoms with van der Waals surface area (Å²) in [6.07, 6.45) is 17.2. The van der Waals surface area contributed by atoms with Gasteiger partial charge in [0.15, 0.2) is 0 Å². The van der Waals surface area contributed by atoms with Crippen LogP contribution in [0.1, 0.15) is 47.0 Å². The summed E-state index contributed by atoms with van der Waals surface area (Å²) in [7, 11) is 0. The largest absolute Gasteiger partial charge is 0.478 e. The topological polar surface area (TPSA) is 37.3 Å². The van der Waals surface area contributed by atoms with Gasteiger partial charge in [0.2, 0.25) is 0 Å². The molecule has 0 amide bonds. The first kappa shape index (κ1) is 17.2. The van der Waals surface area contributed by atoms with E-state index in [0.717, 1.165) is 11.1 Å². The Balaban J connectivity index is 2.68. The molecule has 0 aromatic rings. The van der Waals surface area contributed by atoms with Crippen LogP contribution in [0.15, 0.2) is 59.3 Å². The summed E-state index contributed by atoms with van der Waals surface area (Å²) >= 11 is 0. The molecule has 2 nitrogen and oxygen atoms in total. The minimum absolute atomic E-state index is 0.270. The molecule has 0 fully saturated rings. The molecule has 1 aliphatic carbocycles. The first-order chi connectivity index (χ1) is 9.81. The second-order valence-electron chi connectivity index (χ2n) is 6.27. The molecule has 2 heteroatoms. The van der Waals surface area contributed by atoms with E-state index in [4.69, 9.17) is 5.11 Å². The first-order valence-electron chi connectivity index (χ1n) is 7.46. The summed E-state index contributed by atoms with van der Waals surface area (Å²) in [5, 5.41) is 8.63. The average Bonchev–Trinajstić information content (AvgIpc) is 2.36.